The molecular formula is C68H42N4O2. The summed E-state index contributed by atoms with van der Waals surface area (Å²) >= 11 is 0. The number of furan rings is 2. The monoisotopic (exact) mass is 946 g/mol. The van der Waals surface area contributed by atoms with E-state index in [1.807, 2.05) is 12.1 Å². The van der Waals surface area contributed by atoms with Crippen LogP contribution in [0.1, 0.15) is 23.6 Å². The molecule has 15 aromatic rings. The summed E-state index contributed by atoms with van der Waals surface area (Å²) in [5.41, 5.74) is 13.6. The van der Waals surface area contributed by atoms with Gasteiger partial charge in [-0.05, 0) is 100 Å². The highest BCUT2D eigenvalue weighted by atomic mass is 16.3. The number of benzene rings is 11. The minimum Gasteiger partial charge on any atom is -0.456 e. The van der Waals surface area contributed by atoms with Crippen molar-refractivity contribution in [1.82, 2.24) is 9.13 Å². The second kappa shape index (κ2) is 14.6. The van der Waals surface area contributed by atoms with Crippen molar-refractivity contribution < 1.29 is 8.83 Å². The van der Waals surface area contributed by atoms with Crippen molar-refractivity contribution in [2.45, 2.75) is 12.5 Å². The third kappa shape index (κ3) is 5.38. The summed E-state index contributed by atoms with van der Waals surface area (Å²) in [5.74, 6) is 0.702. The Kier molecular flexibility index (Phi) is 7.89. The first-order valence-corrected chi connectivity index (χ1v) is 25.6. The van der Waals surface area contributed by atoms with Crippen LogP contribution >= 0.6 is 0 Å². The maximum Gasteiger partial charge on any atom is 0.155 e. The number of para-hydroxylation sites is 4. The van der Waals surface area contributed by atoms with Crippen molar-refractivity contribution in [2.24, 2.45) is 21.8 Å². The molecule has 3 unspecified atom stereocenters. The van der Waals surface area contributed by atoms with E-state index in [1.54, 1.807) is 0 Å². The van der Waals surface area contributed by atoms with E-state index in [1.165, 1.54) is 48.6 Å². The molecule has 2 aliphatic rings. The Hall–Kier alpha value is -9.52. The molecule has 17 rings (SSSR count). The van der Waals surface area contributed by atoms with Gasteiger partial charge in [0.15, 0.2) is 5.84 Å². The first-order valence-electron chi connectivity index (χ1n) is 25.6. The third-order valence-corrected chi connectivity index (χ3v) is 16.7. The Labute approximate surface area is 423 Å². The van der Waals surface area contributed by atoms with E-state index in [0.717, 1.165) is 94.2 Å². The standard InChI is InChI=1S/C68H42N4O2/c1-39-64-65(43-29-32-57-52(34-43)47-21-9-12-24-56(47)71(57)45-18-3-2-4-19-45)69-67(44-28-30-50-48-22-10-13-25-60(48)73-62(50)36-44)70-68(39,64)55-37-54-49-23-11-14-26-61(49)74-63(54)38-59(55)72-58-35-42-17-6-5-16-41(42)33-53(58)51-31-27-40-15-7-8-20-46(40)66(51)72/h2-39,64H,1H3. The maximum absolute atomic E-state index is 6.86. The summed E-state index contributed by atoms with van der Waals surface area (Å²) in [6.45, 7) is 2.38. The summed E-state index contributed by atoms with van der Waals surface area (Å²) in [6, 6.07) is 81.2. The van der Waals surface area contributed by atoms with Gasteiger partial charge in [0.1, 0.15) is 27.9 Å². The molecule has 6 nitrogen and oxygen atoms in total. The fraction of sp³-hybridized carbons (Fsp3) is 0.0588. The number of hydrogen-bond donors (Lipinski definition) is 0. The van der Waals surface area contributed by atoms with Crippen LogP contribution in [-0.4, -0.2) is 20.7 Å². The number of aromatic nitrogens is 2. The van der Waals surface area contributed by atoms with Crippen LogP contribution < -0.4 is 0 Å². The molecule has 1 aliphatic heterocycles. The first-order chi connectivity index (χ1) is 36.6. The maximum atomic E-state index is 6.86. The number of amidine groups is 1. The van der Waals surface area contributed by atoms with E-state index in [0.29, 0.717) is 5.84 Å². The normalized spacial score (nSPS) is 17.7. The number of nitrogens with zero attached hydrogens (tertiary/aromatic N) is 4. The molecule has 346 valence electrons. The van der Waals surface area contributed by atoms with Gasteiger partial charge in [0.25, 0.3) is 0 Å². The van der Waals surface area contributed by atoms with Gasteiger partial charge in [0.05, 0.1) is 33.5 Å². The van der Waals surface area contributed by atoms with E-state index < -0.39 is 5.54 Å². The largest absolute Gasteiger partial charge is 0.456 e. The van der Waals surface area contributed by atoms with E-state index in [-0.39, 0.29) is 11.8 Å². The molecule has 0 bridgehead atoms. The van der Waals surface area contributed by atoms with Crippen LogP contribution in [0.25, 0.3) is 120 Å². The van der Waals surface area contributed by atoms with Crippen molar-refractivity contribution in [3.63, 3.8) is 0 Å². The first kappa shape index (κ1) is 40.1. The Balaban J connectivity index is 0.976. The lowest BCUT2D eigenvalue weighted by atomic mass is 9.92. The molecule has 0 amide bonds. The highest BCUT2D eigenvalue weighted by molar-refractivity contribution is 6.23. The lowest BCUT2D eigenvalue weighted by Crippen LogP contribution is -2.24. The Morgan fingerprint density at radius 2 is 1.01 bits per heavy atom. The van der Waals surface area contributed by atoms with Gasteiger partial charge in [-0.15, -0.1) is 0 Å². The second-order valence-electron chi connectivity index (χ2n) is 20.5. The van der Waals surface area contributed by atoms with E-state index in [9.17, 15) is 0 Å². The van der Waals surface area contributed by atoms with Gasteiger partial charge in [-0.3, -0.25) is 4.99 Å². The van der Waals surface area contributed by atoms with Crippen LogP contribution in [0.15, 0.2) is 243 Å². The number of rotatable bonds is 5. The van der Waals surface area contributed by atoms with Gasteiger partial charge < -0.3 is 18.0 Å². The summed E-state index contributed by atoms with van der Waals surface area (Å²) in [5, 5.41) is 13.9. The van der Waals surface area contributed by atoms with Gasteiger partial charge in [0, 0.05) is 77.3 Å². The van der Waals surface area contributed by atoms with Crippen molar-refractivity contribution in [1.29, 1.82) is 0 Å². The van der Waals surface area contributed by atoms with Crippen LogP contribution in [0, 0.1) is 11.8 Å². The van der Waals surface area contributed by atoms with Crippen molar-refractivity contribution >= 4 is 121 Å². The van der Waals surface area contributed by atoms with Gasteiger partial charge in [-0.25, -0.2) is 4.99 Å². The van der Waals surface area contributed by atoms with E-state index in [4.69, 9.17) is 18.8 Å². The minimum atomic E-state index is -0.728. The molecule has 0 saturated heterocycles. The summed E-state index contributed by atoms with van der Waals surface area (Å²) < 4.78 is 18.3. The molecular weight excluding hydrogens is 905 g/mol. The zero-order valence-electron chi connectivity index (χ0n) is 40.1. The fourth-order valence-electron chi connectivity index (χ4n) is 13.2. The molecule has 0 spiro atoms. The van der Waals surface area contributed by atoms with Gasteiger partial charge >= 0.3 is 0 Å². The molecule has 11 aromatic carbocycles. The average molecular weight is 947 g/mol. The summed E-state index contributed by atoms with van der Waals surface area (Å²) in [7, 11) is 0. The number of aliphatic imine (C=N–C) groups is 2. The average Bonchev–Trinajstić information content (AvgIpc) is 4.06. The van der Waals surface area contributed by atoms with Gasteiger partial charge in [-0.1, -0.05) is 153 Å². The molecule has 6 heteroatoms. The van der Waals surface area contributed by atoms with Crippen LogP contribution in [0.4, 0.5) is 0 Å². The van der Waals surface area contributed by atoms with Crippen LogP contribution in [-0.2, 0) is 5.54 Å². The molecule has 1 fully saturated rings. The topological polar surface area (TPSA) is 60.9 Å². The molecule has 5 heterocycles. The van der Waals surface area contributed by atoms with E-state index >= 15 is 0 Å². The lowest BCUT2D eigenvalue weighted by molar-refractivity contribution is 0.648. The SMILES string of the molecule is CC1C2C(c3ccc4c(c3)c3ccccc3n4-c3ccccc3)=NC(c3ccc4c(c3)oc3ccccc34)=NC12c1cc2c(cc1-n1c3cc4ccccc4cc3c3ccc4ccccc4c31)oc1ccccc12. The van der Waals surface area contributed by atoms with Crippen LogP contribution in [0.2, 0.25) is 0 Å². The van der Waals surface area contributed by atoms with Crippen molar-refractivity contribution in [3.8, 4) is 11.4 Å². The summed E-state index contributed by atoms with van der Waals surface area (Å²) in [4.78, 5) is 11.8. The molecule has 74 heavy (non-hydrogen) atoms. The molecule has 0 radical (unpaired) electrons. The van der Waals surface area contributed by atoms with E-state index in [2.05, 4.69) is 228 Å². The van der Waals surface area contributed by atoms with Gasteiger partial charge in [-0.2, -0.15) is 0 Å². The molecule has 1 saturated carbocycles. The van der Waals surface area contributed by atoms with Crippen LogP contribution in [0.5, 0.6) is 0 Å². The predicted molar refractivity (Wildman–Crippen MR) is 305 cm³/mol. The highest BCUT2D eigenvalue weighted by Crippen LogP contribution is 2.66. The smallest absolute Gasteiger partial charge is 0.155 e. The number of fused-ring (bicyclic) bond motifs is 16. The van der Waals surface area contributed by atoms with Crippen LogP contribution in [0.3, 0.4) is 0 Å². The second-order valence-corrected chi connectivity index (χ2v) is 20.5. The molecule has 3 atom stereocenters. The quantitative estimate of drug-likeness (QED) is 0.173. The number of hydrogen-bond acceptors (Lipinski definition) is 4. The minimum absolute atomic E-state index is 0.0545. The highest BCUT2D eigenvalue weighted by Gasteiger charge is 2.68. The molecule has 4 aromatic heterocycles. The Bertz CT molecular complexity index is 5010. The Morgan fingerprint density at radius 3 is 1.82 bits per heavy atom. The molecule has 1 aliphatic carbocycles. The zero-order valence-corrected chi connectivity index (χ0v) is 40.1. The zero-order chi connectivity index (χ0) is 48.4. The van der Waals surface area contributed by atoms with Crippen molar-refractivity contribution in [2.75, 3.05) is 0 Å². The predicted octanol–water partition coefficient (Wildman–Crippen LogP) is 17.4. The third-order valence-electron chi connectivity index (χ3n) is 16.7. The lowest BCUT2D eigenvalue weighted by Gasteiger charge is -2.25. The van der Waals surface area contributed by atoms with Crippen molar-refractivity contribution in [3.05, 3.63) is 241 Å². The summed E-state index contributed by atoms with van der Waals surface area (Å²) in [6.07, 6.45) is 0. The molecule has 0 N–H and O–H groups in total. The Morgan fingerprint density at radius 1 is 0.405 bits per heavy atom. The van der Waals surface area contributed by atoms with Gasteiger partial charge in [0.2, 0.25) is 0 Å². The fourth-order valence-corrected chi connectivity index (χ4v) is 13.2.